The van der Waals surface area contributed by atoms with E-state index in [4.69, 9.17) is 28.4 Å². The van der Waals surface area contributed by atoms with Gasteiger partial charge in [0.2, 0.25) is 0 Å². The van der Waals surface area contributed by atoms with Gasteiger partial charge in [0.15, 0.2) is 0 Å². The topological polar surface area (TPSA) is 89.5 Å². The number of benzene rings is 1. The first-order chi connectivity index (χ1) is 11.2. The van der Waals surface area contributed by atoms with Crippen LogP contribution in [-0.4, -0.2) is 52.3 Å². The van der Waals surface area contributed by atoms with Crippen LogP contribution in [0.15, 0.2) is 24.3 Å². The lowest BCUT2D eigenvalue weighted by Crippen LogP contribution is -2.36. The van der Waals surface area contributed by atoms with Gasteiger partial charge in [0.05, 0.1) is 11.1 Å². The van der Waals surface area contributed by atoms with Crippen molar-refractivity contribution in [1.29, 1.82) is 0 Å². The molecule has 8 nitrogen and oxygen atoms in total. The van der Waals surface area contributed by atoms with E-state index in [9.17, 15) is 9.59 Å². The number of ether oxygens (including phenoxy) is 6. The fourth-order valence-electron chi connectivity index (χ4n) is 1.53. The molecule has 0 aliphatic carbocycles. The number of carbonyl (C=O) groups is 2. The van der Waals surface area contributed by atoms with Crippen LogP contribution >= 0.6 is 0 Å². The number of methoxy groups -OCH3 is 4. The quantitative estimate of drug-likeness (QED) is 0.523. The molecule has 0 saturated heterocycles. The molecule has 0 heterocycles. The SMILES string of the molecule is COC(C)(OC)OC(=O)c1ccc(C(=O)OC(C)(OC)OC)cc1. The molecule has 0 unspecified atom stereocenters. The summed E-state index contributed by atoms with van der Waals surface area (Å²) in [7, 11) is 5.38. The van der Waals surface area contributed by atoms with Crippen molar-refractivity contribution >= 4 is 11.9 Å². The minimum Gasteiger partial charge on any atom is -0.404 e. The van der Waals surface area contributed by atoms with Crippen molar-refractivity contribution in [3.63, 3.8) is 0 Å². The third kappa shape index (κ3) is 5.00. The number of hydrogen-bond acceptors (Lipinski definition) is 8. The second-order valence-electron chi connectivity index (χ2n) is 4.90. The van der Waals surface area contributed by atoms with Gasteiger partial charge in [-0.1, -0.05) is 0 Å². The van der Waals surface area contributed by atoms with E-state index in [2.05, 4.69) is 0 Å². The van der Waals surface area contributed by atoms with Crippen LogP contribution < -0.4 is 0 Å². The largest absolute Gasteiger partial charge is 0.404 e. The summed E-state index contributed by atoms with van der Waals surface area (Å²) in [5.41, 5.74) is 0.432. The van der Waals surface area contributed by atoms with E-state index in [1.165, 1.54) is 66.6 Å². The van der Waals surface area contributed by atoms with Gasteiger partial charge in [-0.05, 0) is 24.3 Å². The Hall–Kier alpha value is -2.00. The highest BCUT2D eigenvalue weighted by atomic mass is 16.9. The fourth-order valence-corrected chi connectivity index (χ4v) is 1.53. The van der Waals surface area contributed by atoms with Gasteiger partial charge in [0, 0.05) is 42.3 Å². The number of rotatable bonds is 8. The minimum atomic E-state index is -1.49. The van der Waals surface area contributed by atoms with E-state index in [1.54, 1.807) is 0 Å². The van der Waals surface area contributed by atoms with Crippen molar-refractivity contribution in [3.8, 4) is 0 Å². The normalized spacial score (nSPS) is 11.9. The van der Waals surface area contributed by atoms with Crippen molar-refractivity contribution in [3.05, 3.63) is 35.4 Å². The molecule has 24 heavy (non-hydrogen) atoms. The van der Waals surface area contributed by atoms with Crippen LogP contribution in [0.1, 0.15) is 34.6 Å². The molecule has 0 aliphatic heterocycles. The molecule has 0 radical (unpaired) electrons. The highest BCUT2D eigenvalue weighted by Gasteiger charge is 2.30. The van der Waals surface area contributed by atoms with E-state index >= 15 is 0 Å². The smallest absolute Gasteiger partial charge is 0.342 e. The summed E-state index contributed by atoms with van der Waals surface area (Å²) in [6.45, 7) is 2.90. The van der Waals surface area contributed by atoms with Crippen molar-refractivity contribution in [2.24, 2.45) is 0 Å². The molecule has 0 amide bonds. The Morgan fingerprint density at radius 1 is 0.667 bits per heavy atom. The van der Waals surface area contributed by atoms with Gasteiger partial charge in [-0.3, -0.25) is 0 Å². The van der Waals surface area contributed by atoms with Crippen molar-refractivity contribution in [2.45, 2.75) is 25.8 Å². The lowest BCUT2D eigenvalue weighted by molar-refractivity contribution is -0.323. The molecule has 0 aliphatic rings. The summed E-state index contributed by atoms with van der Waals surface area (Å²) in [4.78, 5) is 24.1. The molecule has 0 atom stereocenters. The Bertz CT molecular complexity index is 507. The molecule has 0 saturated carbocycles. The van der Waals surface area contributed by atoms with Crippen LogP contribution in [0.2, 0.25) is 0 Å². The van der Waals surface area contributed by atoms with E-state index in [0.29, 0.717) is 0 Å². The molecule has 1 aromatic rings. The van der Waals surface area contributed by atoms with Crippen LogP contribution in [0.4, 0.5) is 0 Å². The third-order valence-electron chi connectivity index (χ3n) is 3.40. The number of carbonyl (C=O) groups excluding carboxylic acids is 2. The number of esters is 2. The summed E-state index contributed by atoms with van der Waals surface area (Å²) in [6, 6.07) is 5.67. The maximum absolute atomic E-state index is 12.0. The van der Waals surface area contributed by atoms with E-state index in [0.717, 1.165) is 0 Å². The monoisotopic (exact) mass is 342 g/mol. The van der Waals surface area contributed by atoms with Gasteiger partial charge in [0.25, 0.3) is 0 Å². The molecule has 1 rings (SSSR count). The average molecular weight is 342 g/mol. The van der Waals surface area contributed by atoms with E-state index < -0.39 is 23.9 Å². The predicted molar refractivity (Wildman–Crippen MR) is 82.1 cm³/mol. The molecule has 0 bridgehead atoms. The summed E-state index contributed by atoms with van der Waals surface area (Å²) in [5, 5.41) is 0. The Morgan fingerprint density at radius 2 is 0.917 bits per heavy atom. The average Bonchev–Trinajstić information content (AvgIpc) is 2.61. The first-order valence-electron chi connectivity index (χ1n) is 7.00. The molecular weight excluding hydrogens is 320 g/mol. The Kier molecular flexibility index (Phi) is 6.85. The third-order valence-corrected chi connectivity index (χ3v) is 3.40. The van der Waals surface area contributed by atoms with Gasteiger partial charge in [-0.25, -0.2) is 9.59 Å². The first kappa shape index (κ1) is 20.0. The Morgan fingerprint density at radius 3 is 1.12 bits per heavy atom. The van der Waals surface area contributed by atoms with Crippen LogP contribution in [0.25, 0.3) is 0 Å². The summed E-state index contributed by atoms with van der Waals surface area (Å²) >= 11 is 0. The highest BCUT2D eigenvalue weighted by Crippen LogP contribution is 2.18. The lowest BCUT2D eigenvalue weighted by atomic mass is 10.1. The molecule has 0 fully saturated rings. The molecular formula is C16H22O8. The van der Waals surface area contributed by atoms with Gasteiger partial charge in [-0.2, -0.15) is 0 Å². The van der Waals surface area contributed by atoms with Crippen LogP contribution in [-0.2, 0) is 28.4 Å². The zero-order chi connectivity index (χ0) is 18.4. The summed E-state index contributed by atoms with van der Waals surface area (Å²) < 4.78 is 30.0. The molecule has 0 spiro atoms. The maximum Gasteiger partial charge on any atom is 0.342 e. The van der Waals surface area contributed by atoms with Crippen molar-refractivity contribution in [1.82, 2.24) is 0 Å². The molecule has 134 valence electrons. The molecule has 0 N–H and O–H groups in total. The van der Waals surface area contributed by atoms with Gasteiger partial charge in [0.1, 0.15) is 0 Å². The highest BCUT2D eigenvalue weighted by molar-refractivity contribution is 5.93. The standard InChI is InChI=1S/C16H22O8/c1-15(19-3,20-4)23-13(17)11-7-9-12(10-8-11)14(18)24-16(2,21-5)22-6/h7-10H,1-6H3. The van der Waals surface area contributed by atoms with Gasteiger partial charge >= 0.3 is 23.9 Å². The molecule has 8 heteroatoms. The first-order valence-corrected chi connectivity index (χ1v) is 7.00. The number of hydrogen-bond donors (Lipinski definition) is 0. The van der Waals surface area contributed by atoms with Crippen LogP contribution in [0.3, 0.4) is 0 Å². The molecule has 0 aromatic heterocycles. The van der Waals surface area contributed by atoms with E-state index in [1.807, 2.05) is 0 Å². The van der Waals surface area contributed by atoms with E-state index in [-0.39, 0.29) is 11.1 Å². The van der Waals surface area contributed by atoms with Crippen LogP contribution in [0, 0.1) is 0 Å². The zero-order valence-corrected chi connectivity index (χ0v) is 14.6. The lowest BCUT2D eigenvalue weighted by Gasteiger charge is -2.26. The maximum atomic E-state index is 12.0. The molecule has 1 aromatic carbocycles. The zero-order valence-electron chi connectivity index (χ0n) is 14.6. The predicted octanol–water partition coefficient (Wildman–Crippen LogP) is 1.93. The Balaban J connectivity index is 2.82. The minimum absolute atomic E-state index is 0.216. The second-order valence-corrected chi connectivity index (χ2v) is 4.90. The second kappa shape index (κ2) is 8.20. The van der Waals surface area contributed by atoms with Crippen molar-refractivity contribution < 1.29 is 38.0 Å². The van der Waals surface area contributed by atoms with Crippen molar-refractivity contribution in [2.75, 3.05) is 28.4 Å². The van der Waals surface area contributed by atoms with Gasteiger partial charge < -0.3 is 28.4 Å². The summed E-state index contributed by atoms with van der Waals surface area (Å²) in [6.07, 6.45) is 0. The summed E-state index contributed by atoms with van der Waals surface area (Å²) in [5.74, 6) is -4.32. The van der Waals surface area contributed by atoms with Gasteiger partial charge in [-0.15, -0.1) is 0 Å². The fraction of sp³-hybridized carbons (Fsp3) is 0.500. The van der Waals surface area contributed by atoms with Crippen LogP contribution in [0.5, 0.6) is 0 Å². The Labute approximate surface area is 140 Å².